The van der Waals surface area contributed by atoms with Crippen LogP contribution in [-0.2, 0) is 9.84 Å². The minimum Gasteiger partial charge on any atom is -0.346 e. The topological polar surface area (TPSA) is 90.0 Å². The number of hydrogen-bond acceptors (Lipinski definition) is 6. The van der Waals surface area contributed by atoms with E-state index in [9.17, 15) is 26.8 Å². The summed E-state index contributed by atoms with van der Waals surface area (Å²) in [6.07, 6.45) is 0. The lowest BCUT2D eigenvalue weighted by molar-refractivity contribution is 0.0583. The fourth-order valence-corrected chi connectivity index (χ4v) is 5.82. The number of piperazine rings is 1. The predicted octanol–water partition coefficient (Wildman–Crippen LogP) is 3.45. The second-order valence-corrected chi connectivity index (χ2v) is 11.4. The van der Waals surface area contributed by atoms with Crippen molar-refractivity contribution in [1.29, 1.82) is 0 Å². The zero-order chi connectivity index (χ0) is 27.0. The number of carbonyl (C=O) groups is 2. The number of imide groups is 1. The Balaban J connectivity index is 1.17. The normalized spacial score (nSPS) is 16.4. The van der Waals surface area contributed by atoms with Crippen molar-refractivity contribution in [2.75, 3.05) is 44.6 Å². The zero-order valence-electron chi connectivity index (χ0n) is 20.1. The van der Waals surface area contributed by atoms with Gasteiger partial charge in [-0.1, -0.05) is 30.3 Å². The van der Waals surface area contributed by atoms with E-state index in [-0.39, 0.29) is 18.4 Å². The number of halogens is 2. The Morgan fingerprint density at radius 1 is 0.895 bits per heavy atom. The van der Waals surface area contributed by atoms with E-state index >= 15 is 0 Å². The first kappa shape index (κ1) is 26.1. The molecule has 0 atom stereocenters. The highest BCUT2D eigenvalue weighted by Crippen LogP contribution is 2.30. The van der Waals surface area contributed by atoms with Gasteiger partial charge in [-0.15, -0.1) is 0 Å². The van der Waals surface area contributed by atoms with Crippen molar-refractivity contribution in [1.82, 2.24) is 14.7 Å². The van der Waals surface area contributed by atoms with Crippen molar-refractivity contribution < 1.29 is 26.8 Å². The van der Waals surface area contributed by atoms with E-state index in [4.69, 9.17) is 12.2 Å². The predicted molar refractivity (Wildman–Crippen MR) is 143 cm³/mol. The first-order chi connectivity index (χ1) is 18.2. The van der Waals surface area contributed by atoms with Gasteiger partial charge in [0.15, 0.2) is 5.11 Å². The number of sulfone groups is 1. The molecule has 1 fully saturated rings. The highest BCUT2D eigenvalue weighted by Gasteiger charge is 2.33. The highest BCUT2D eigenvalue weighted by atomic mass is 32.2. The van der Waals surface area contributed by atoms with Crippen LogP contribution in [0.15, 0.2) is 65.6 Å². The van der Waals surface area contributed by atoms with Crippen molar-refractivity contribution in [2.45, 2.75) is 10.7 Å². The van der Waals surface area contributed by atoms with E-state index in [1.54, 1.807) is 18.2 Å². The summed E-state index contributed by atoms with van der Waals surface area (Å²) in [5.74, 6) is -4.09. The van der Waals surface area contributed by atoms with Gasteiger partial charge < -0.3 is 10.2 Å². The SMILES string of the molecule is O=C1c2cccc3cccc(c23)C(=O)N1CCN1CCN(C(=S)Nc2cccc(S(=O)(=O)C(F)F)c2)CC1. The van der Waals surface area contributed by atoms with Gasteiger partial charge in [-0.3, -0.25) is 19.4 Å². The van der Waals surface area contributed by atoms with E-state index in [1.807, 2.05) is 29.2 Å². The maximum Gasteiger partial charge on any atom is 0.341 e. The van der Waals surface area contributed by atoms with Crippen molar-refractivity contribution in [3.63, 3.8) is 0 Å². The number of anilines is 1. The van der Waals surface area contributed by atoms with Crippen LogP contribution in [0.2, 0.25) is 0 Å². The van der Waals surface area contributed by atoms with Crippen LogP contribution in [0.1, 0.15) is 20.7 Å². The number of hydrogen-bond donors (Lipinski definition) is 1. The first-order valence-corrected chi connectivity index (χ1v) is 13.9. The molecule has 0 unspecified atom stereocenters. The number of benzene rings is 3. The van der Waals surface area contributed by atoms with E-state index in [2.05, 4.69) is 10.2 Å². The third-order valence-corrected chi connectivity index (χ3v) is 8.54. The van der Waals surface area contributed by atoms with Gasteiger partial charge in [-0.25, -0.2) is 8.42 Å². The third-order valence-electron chi connectivity index (χ3n) is 6.80. The second-order valence-electron chi connectivity index (χ2n) is 9.06. The van der Waals surface area contributed by atoms with Crippen LogP contribution in [0.25, 0.3) is 10.8 Å². The van der Waals surface area contributed by atoms with Crippen LogP contribution >= 0.6 is 12.2 Å². The summed E-state index contributed by atoms with van der Waals surface area (Å²) >= 11 is 5.45. The Labute approximate surface area is 223 Å². The maximum absolute atomic E-state index is 13.1. The molecular formula is C26H24F2N4O4S2. The number of carbonyl (C=O) groups excluding carboxylic acids is 2. The summed E-state index contributed by atoms with van der Waals surface area (Å²) in [7, 11) is -4.71. The van der Waals surface area contributed by atoms with Gasteiger partial charge in [0.25, 0.3) is 11.8 Å². The molecule has 2 amide bonds. The molecule has 5 rings (SSSR count). The molecule has 12 heteroatoms. The van der Waals surface area contributed by atoms with Crippen molar-refractivity contribution in [3.05, 3.63) is 71.8 Å². The standard InChI is InChI=1S/C26H24F2N4O4S2/c27-25(28)38(35,36)19-7-3-6-18(16-19)29-26(37)31-13-10-30(11-14-31)12-15-32-23(33)20-8-1-4-17-5-2-9-21(22(17)20)24(32)34/h1-9,16,25H,10-15H2,(H,29,37). The van der Waals surface area contributed by atoms with Gasteiger partial charge in [0.05, 0.1) is 4.90 Å². The molecule has 2 aliphatic heterocycles. The molecule has 198 valence electrons. The number of rotatable bonds is 6. The average Bonchev–Trinajstić information content (AvgIpc) is 2.92. The minimum atomic E-state index is -4.71. The smallest absolute Gasteiger partial charge is 0.341 e. The molecule has 8 nitrogen and oxygen atoms in total. The quantitative estimate of drug-likeness (QED) is 0.364. The Hall–Kier alpha value is -3.48. The molecule has 1 saturated heterocycles. The lowest BCUT2D eigenvalue weighted by Gasteiger charge is -2.37. The molecule has 3 aromatic carbocycles. The van der Waals surface area contributed by atoms with Crippen LogP contribution in [0.4, 0.5) is 14.5 Å². The van der Waals surface area contributed by atoms with Crippen LogP contribution in [0.5, 0.6) is 0 Å². The van der Waals surface area contributed by atoms with Crippen LogP contribution < -0.4 is 5.32 Å². The van der Waals surface area contributed by atoms with E-state index in [0.717, 1.165) is 17.5 Å². The zero-order valence-corrected chi connectivity index (χ0v) is 21.8. The molecule has 0 bridgehead atoms. The maximum atomic E-state index is 13.1. The summed E-state index contributed by atoms with van der Waals surface area (Å²) in [5.41, 5.74) is 1.37. The van der Waals surface area contributed by atoms with E-state index in [1.165, 1.54) is 11.0 Å². The summed E-state index contributed by atoms with van der Waals surface area (Å²) in [6.45, 7) is 3.15. The van der Waals surface area contributed by atoms with Crippen LogP contribution in [0.3, 0.4) is 0 Å². The highest BCUT2D eigenvalue weighted by molar-refractivity contribution is 7.91. The summed E-state index contributed by atoms with van der Waals surface area (Å²) in [6, 6.07) is 16.1. The summed E-state index contributed by atoms with van der Waals surface area (Å²) in [4.78, 5) is 31.1. The molecule has 0 radical (unpaired) electrons. The van der Waals surface area contributed by atoms with Crippen LogP contribution in [0, 0.1) is 0 Å². The summed E-state index contributed by atoms with van der Waals surface area (Å²) < 4.78 is 49.3. The third kappa shape index (κ3) is 4.86. The number of nitrogens with one attached hydrogen (secondary N) is 1. The van der Waals surface area contributed by atoms with Gasteiger partial charge >= 0.3 is 5.76 Å². The Morgan fingerprint density at radius 2 is 1.50 bits per heavy atom. The molecule has 0 aliphatic carbocycles. The molecule has 0 spiro atoms. The molecule has 2 heterocycles. The fraction of sp³-hybridized carbons (Fsp3) is 0.269. The summed E-state index contributed by atoms with van der Waals surface area (Å²) in [5, 5.41) is 4.84. The minimum absolute atomic E-state index is 0.260. The second kappa shape index (κ2) is 10.4. The largest absolute Gasteiger partial charge is 0.346 e. The van der Waals surface area contributed by atoms with Gasteiger partial charge in [-0.05, 0) is 47.9 Å². The van der Waals surface area contributed by atoms with Crippen LogP contribution in [-0.4, -0.2) is 85.1 Å². The fourth-order valence-electron chi connectivity index (χ4n) is 4.76. The molecule has 0 aromatic heterocycles. The molecule has 3 aromatic rings. The number of thiocarbonyl (C=S) groups is 1. The number of amides is 2. The Bertz CT molecular complexity index is 1490. The average molecular weight is 559 g/mol. The molecule has 2 aliphatic rings. The van der Waals surface area contributed by atoms with Gasteiger partial charge in [0.2, 0.25) is 9.84 Å². The van der Waals surface area contributed by atoms with Gasteiger partial charge in [0.1, 0.15) is 0 Å². The molecule has 38 heavy (non-hydrogen) atoms. The molecule has 1 N–H and O–H groups in total. The van der Waals surface area contributed by atoms with Crippen molar-refractivity contribution in [3.8, 4) is 0 Å². The van der Waals surface area contributed by atoms with Crippen molar-refractivity contribution >= 4 is 55.4 Å². The van der Waals surface area contributed by atoms with E-state index in [0.29, 0.717) is 60.0 Å². The van der Waals surface area contributed by atoms with Gasteiger partial charge in [0, 0.05) is 61.5 Å². The molecular weight excluding hydrogens is 534 g/mol. The lowest BCUT2D eigenvalue weighted by atomic mass is 9.94. The molecule has 0 saturated carbocycles. The van der Waals surface area contributed by atoms with Crippen molar-refractivity contribution in [2.24, 2.45) is 0 Å². The lowest BCUT2D eigenvalue weighted by Crippen LogP contribution is -2.52. The number of alkyl halides is 2. The van der Waals surface area contributed by atoms with E-state index < -0.39 is 20.5 Å². The number of nitrogens with zero attached hydrogens (tertiary/aromatic N) is 3. The Kier molecular flexibility index (Phi) is 7.12. The first-order valence-electron chi connectivity index (χ1n) is 11.9. The monoisotopic (exact) mass is 558 g/mol. The van der Waals surface area contributed by atoms with Gasteiger partial charge in [-0.2, -0.15) is 8.78 Å². The Morgan fingerprint density at radius 3 is 2.11 bits per heavy atom.